The van der Waals surface area contributed by atoms with E-state index in [0.29, 0.717) is 32.1 Å². The van der Waals surface area contributed by atoms with Crippen LogP contribution in [0.15, 0.2) is 18.6 Å². The second kappa shape index (κ2) is 5.64. The van der Waals surface area contributed by atoms with Crippen molar-refractivity contribution in [3.05, 3.63) is 18.6 Å². The minimum atomic E-state index is -3.40. The molecule has 2 aromatic heterocycles. The van der Waals surface area contributed by atoms with Crippen LogP contribution in [0.5, 0.6) is 0 Å². The number of rotatable bonds is 5. The quantitative estimate of drug-likeness (QED) is 0.847. The van der Waals surface area contributed by atoms with Crippen LogP contribution in [-0.2, 0) is 10.2 Å². The first-order chi connectivity index (χ1) is 12.5. The largest absolute Gasteiger partial charge is 0.353 e. The van der Waals surface area contributed by atoms with E-state index in [2.05, 4.69) is 19.9 Å². The highest BCUT2D eigenvalue weighted by Gasteiger charge is 2.57. The summed E-state index contributed by atoms with van der Waals surface area (Å²) in [7, 11) is -1.67. The van der Waals surface area contributed by atoms with Crippen LogP contribution in [0.2, 0.25) is 0 Å². The molecule has 5 rings (SSSR count). The molecular weight excluding hydrogens is 352 g/mol. The Labute approximate surface area is 153 Å². The molecule has 140 valence electrons. The van der Waals surface area contributed by atoms with Crippen LogP contribution in [0.3, 0.4) is 0 Å². The molecule has 0 amide bonds. The maximum atomic E-state index is 13.1. The minimum absolute atomic E-state index is 0.275. The second-order valence-corrected chi connectivity index (χ2v) is 9.85. The van der Waals surface area contributed by atoms with Gasteiger partial charge in [0.15, 0.2) is 0 Å². The topological polar surface area (TPSA) is 85.4 Å². The van der Waals surface area contributed by atoms with Crippen molar-refractivity contribution < 1.29 is 8.42 Å². The first-order valence-electron chi connectivity index (χ1n) is 9.27. The summed E-state index contributed by atoms with van der Waals surface area (Å²) < 4.78 is 29.6. The predicted octanol–water partition coefficient (Wildman–Crippen LogP) is 1.20. The van der Waals surface area contributed by atoms with Crippen LogP contribution in [0.25, 0.3) is 11.0 Å². The summed E-state index contributed by atoms with van der Waals surface area (Å²) in [6.45, 7) is 2.50. The molecule has 0 unspecified atom stereocenters. The van der Waals surface area contributed by atoms with Gasteiger partial charge >= 0.3 is 0 Å². The smallest absolute Gasteiger partial charge is 0.282 e. The van der Waals surface area contributed by atoms with Crippen molar-refractivity contribution >= 4 is 27.1 Å². The molecule has 26 heavy (non-hydrogen) atoms. The lowest BCUT2D eigenvalue weighted by Gasteiger charge is -2.43. The molecule has 0 aromatic carbocycles. The number of fused-ring (bicyclic) bond motifs is 1. The Balaban J connectivity index is 1.40. The van der Waals surface area contributed by atoms with Gasteiger partial charge in [-0.05, 0) is 37.7 Å². The highest BCUT2D eigenvalue weighted by molar-refractivity contribution is 7.86. The third-order valence-electron chi connectivity index (χ3n) is 5.93. The molecule has 2 aromatic rings. The van der Waals surface area contributed by atoms with Gasteiger partial charge in [0.05, 0.1) is 10.9 Å². The van der Waals surface area contributed by atoms with E-state index in [-0.39, 0.29) is 5.54 Å². The number of nitrogens with one attached hydrogen (secondary N) is 1. The number of aromatic amines is 1. The summed E-state index contributed by atoms with van der Waals surface area (Å²) >= 11 is 0. The highest BCUT2D eigenvalue weighted by Crippen LogP contribution is 2.47. The number of aromatic nitrogens is 3. The molecule has 2 aliphatic carbocycles. The van der Waals surface area contributed by atoms with E-state index in [1.54, 1.807) is 22.0 Å². The molecule has 0 bridgehead atoms. The summed E-state index contributed by atoms with van der Waals surface area (Å²) in [6, 6.07) is 1.98. The fourth-order valence-electron chi connectivity index (χ4n) is 4.09. The SMILES string of the molecule is CN(CC1CC1)S(=O)(=O)N1CCN(c2ncnc3[nH]ccc23)CC12CC2. The molecule has 0 atom stereocenters. The second-order valence-electron chi connectivity index (χ2n) is 7.89. The van der Waals surface area contributed by atoms with Crippen molar-refractivity contribution in [1.29, 1.82) is 0 Å². The lowest BCUT2D eigenvalue weighted by Crippen LogP contribution is -2.59. The van der Waals surface area contributed by atoms with Crippen molar-refractivity contribution in [2.24, 2.45) is 5.92 Å². The van der Waals surface area contributed by atoms with Gasteiger partial charge in [-0.25, -0.2) is 9.97 Å². The lowest BCUT2D eigenvalue weighted by atomic mass is 10.2. The van der Waals surface area contributed by atoms with Gasteiger partial charge in [0.25, 0.3) is 10.2 Å². The zero-order valence-corrected chi connectivity index (χ0v) is 15.7. The molecule has 8 nitrogen and oxygen atoms in total. The third-order valence-corrected chi connectivity index (χ3v) is 8.00. The molecule has 1 spiro atoms. The van der Waals surface area contributed by atoms with Crippen molar-refractivity contribution in [3.63, 3.8) is 0 Å². The summed E-state index contributed by atoms with van der Waals surface area (Å²) in [5, 5.41) is 0.991. The van der Waals surface area contributed by atoms with Gasteiger partial charge in [-0.1, -0.05) is 0 Å². The van der Waals surface area contributed by atoms with Crippen LogP contribution >= 0.6 is 0 Å². The lowest BCUT2D eigenvalue weighted by molar-refractivity contribution is 0.249. The first-order valence-corrected chi connectivity index (χ1v) is 10.7. The van der Waals surface area contributed by atoms with E-state index in [1.807, 2.05) is 12.3 Å². The van der Waals surface area contributed by atoms with E-state index >= 15 is 0 Å². The molecular formula is C17H24N6O2S. The van der Waals surface area contributed by atoms with Crippen molar-refractivity contribution in [1.82, 2.24) is 23.6 Å². The summed E-state index contributed by atoms with van der Waals surface area (Å²) in [5.41, 5.74) is 0.543. The Kier molecular flexibility index (Phi) is 3.57. The van der Waals surface area contributed by atoms with Crippen molar-refractivity contribution in [3.8, 4) is 0 Å². The van der Waals surface area contributed by atoms with Crippen LogP contribution in [0, 0.1) is 5.92 Å². The molecule has 0 radical (unpaired) electrons. The number of nitrogens with zero attached hydrogens (tertiary/aromatic N) is 5. The van der Waals surface area contributed by atoms with Crippen LogP contribution in [0.1, 0.15) is 25.7 Å². The highest BCUT2D eigenvalue weighted by atomic mass is 32.2. The maximum Gasteiger partial charge on any atom is 0.282 e. The molecule has 3 fully saturated rings. The van der Waals surface area contributed by atoms with Crippen LogP contribution < -0.4 is 4.90 Å². The van der Waals surface area contributed by atoms with E-state index in [9.17, 15) is 8.42 Å². The van der Waals surface area contributed by atoms with E-state index < -0.39 is 10.2 Å². The number of hydrogen-bond donors (Lipinski definition) is 1. The van der Waals surface area contributed by atoms with E-state index in [0.717, 1.165) is 42.5 Å². The monoisotopic (exact) mass is 376 g/mol. The van der Waals surface area contributed by atoms with Gasteiger partial charge in [0.1, 0.15) is 17.8 Å². The van der Waals surface area contributed by atoms with E-state index in [1.165, 1.54) is 0 Å². The number of piperazine rings is 1. The Morgan fingerprint density at radius 3 is 2.85 bits per heavy atom. The van der Waals surface area contributed by atoms with Crippen molar-refractivity contribution in [2.75, 3.05) is 38.1 Å². The third kappa shape index (κ3) is 2.60. The maximum absolute atomic E-state index is 13.1. The van der Waals surface area contributed by atoms with Gasteiger partial charge in [-0.15, -0.1) is 0 Å². The van der Waals surface area contributed by atoms with Gasteiger partial charge in [0, 0.05) is 39.4 Å². The Bertz CT molecular complexity index is 934. The summed E-state index contributed by atoms with van der Waals surface area (Å²) in [6.07, 6.45) is 7.57. The Hall–Kier alpha value is -1.71. The number of H-pyrrole nitrogens is 1. The fraction of sp³-hybridized carbons (Fsp3) is 0.647. The zero-order valence-electron chi connectivity index (χ0n) is 14.9. The summed E-state index contributed by atoms with van der Waals surface area (Å²) in [4.78, 5) is 14.1. The minimum Gasteiger partial charge on any atom is -0.353 e. The first kappa shape index (κ1) is 16.5. The summed E-state index contributed by atoms with van der Waals surface area (Å²) in [5.74, 6) is 1.44. The Morgan fingerprint density at radius 1 is 1.31 bits per heavy atom. The van der Waals surface area contributed by atoms with Gasteiger partial charge in [0.2, 0.25) is 0 Å². The molecule has 9 heteroatoms. The predicted molar refractivity (Wildman–Crippen MR) is 99.0 cm³/mol. The number of anilines is 1. The molecule has 2 saturated carbocycles. The average Bonchev–Trinajstić information content (AvgIpc) is 3.54. The van der Waals surface area contributed by atoms with Crippen molar-refractivity contribution in [2.45, 2.75) is 31.2 Å². The van der Waals surface area contributed by atoms with Gasteiger partial charge in [-0.3, -0.25) is 0 Å². The molecule has 3 aliphatic rings. The van der Waals surface area contributed by atoms with Gasteiger partial charge in [-0.2, -0.15) is 17.0 Å². The Morgan fingerprint density at radius 2 is 2.12 bits per heavy atom. The molecule has 3 heterocycles. The molecule has 1 saturated heterocycles. The number of hydrogen-bond acceptors (Lipinski definition) is 5. The fourth-order valence-corrected chi connectivity index (χ4v) is 5.87. The average molecular weight is 376 g/mol. The zero-order chi connectivity index (χ0) is 17.9. The normalized spacial score (nSPS) is 23.2. The molecule has 1 aliphatic heterocycles. The van der Waals surface area contributed by atoms with Gasteiger partial charge < -0.3 is 9.88 Å². The van der Waals surface area contributed by atoms with Crippen LogP contribution in [-0.4, -0.2) is 70.7 Å². The molecule has 1 N–H and O–H groups in total. The van der Waals surface area contributed by atoms with Crippen LogP contribution in [0.4, 0.5) is 5.82 Å². The standard InChI is InChI=1S/C17H24N6O2S/c1-21(10-13-2-3-13)26(24,25)23-9-8-22(11-17(23)5-6-17)16-14-4-7-18-15(14)19-12-20-16/h4,7,12-13H,2-3,5-6,8-11H2,1H3,(H,18,19,20). The van der Waals surface area contributed by atoms with E-state index in [4.69, 9.17) is 0 Å².